The van der Waals surface area contributed by atoms with Gasteiger partial charge in [0.1, 0.15) is 0 Å². The normalized spacial score (nSPS) is 21.2. The predicted octanol–water partition coefficient (Wildman–Crippen LogP) is -0.0249. The summed E-state index contributed by atoms with van der Waals surface area (Å²) in [4.78, 5) is 0. The van der Waals surface area contributed by atoms with E-state index in [-0.39, 0.29) is 0 Å². The summed E-state index contributed by atoms with van der Waals surface area (Å²) in [7, 11) is -3.37. The van der Waals surface area contributed by atoms with Crippen LogP contribution in [-0.4, -0.2) is 14.6 Å². The van der Waals surface area contributed by atoms with Crippen molar-refractivity contribution >= 4 is 16.2 Å². The fourth-order valence-electron chi connectivity index (χ4n) is 0.435. The molecule has 0 atom stereocenters. The predicted molar refractivity (Wildman–Crippen MR) is 38.8 cm³/mol. The van der Waals surface area contributed by atoms with Crippen molar-refractivity contribution in [1.29, 1.82) is 0 Å². The van der Waals surface area contributed by atoms with E-state index in [9.17, 15) is 8.42 Å². The minimum Gasteiger partial charge on any atom is -0.367 e. The Kier molecular flexibility index (Phi) is 1.86. The van der Waals surface area contributed by atoms with Crippen LogP contribution in [0.1, 0.15) is 0 Å². The summed E-state index contributed by atoms with van der Waals surface area (Å²) in [5.74, 6) is 0. The van der Waals surface area contributed by atoms with Crippen LogP contribution in [0.4, 0.5) is 0 Å². The van der Waals surface area contributed by atoms with E-state index in [1.807, 2.05) is 0 Å². The third kappa shape index (κ3) is 2.02. The van der Waals surface area contributed by atoms with Crippen LogP contribution >= 0.6 is 0 Å². The lowest BCUT2D eigenvalue weighted by Gasteiger charge is -1.91. The molecule has 1 N–H and O–H groups in total. The zero-order valence-electron chi connectivity index (χ0n) is 5.06. The quantitative estimate of drug-likeness (QED) is 0.538. The Labute approximate surface area is 59.0 Å². The third-order valence-corrected chi connectivity index (χ3v) is 1.72. The average molecular weight is 158 g/mol. The molecule has 0 radical (unpaired) electrons. The summed E-state index contributed by atoms with van der Waals surface area (Å²) in [6.07, 6.45) is 5.60. The smallest absolute Gasteiger partial charge is 0.276 e. The standard InChI is InChI=1S/C5H6N2O2S/c8-10(9)5-4-6-2-1-3-7-10/h1-6H. The van der Waals surface area contributed by atoms with Gasteiger partial charge in [-0.15, -0.1) is 0 Å². The Bertz CT molecular complexity index is 287. The molecule has 5 heteroatoms. The molecule has 0 aromatic carbocycles. The molecule has 0 spiro atoms. The number of allylic oxidation sites excluding steroid dienone is 1. The molecule has 0 aromatic rings. The molecule has 0 saturated carbocycles. The van der Waals surface area contributed by atoms with Gasteiger partial charge in [-0.1, -0.05) is 0 Å². The fraction of sp³-hybridized carbons (Fsp3) is 0. The van der Waals surface area contributed by atoms with Crippen molar-refractivity contribution in [3.05, 3.63) is 23.9 Å². The second-order valence-electron chi connectivity index (χ2n) is 1.60. The molecule has 0 saturated heterocycles. The number of nitrogens with zero attached hydrogens (tertiary/aromatic N) is 1. The Hall–Kier alpha value is -1.10. The number of sulfonamides is 1. The summed E-state index contributed by atoms with van der Waals surface area (Å²) in [6.45, 7) is 0. The molecule has 0 amide bonds. The van der Waals surface area contributed by atoms with E-state index >= 15 is 0 Å². The van der Waals surface area contributed by atoms with Crippen molar-refractivity contribution in [3.8, 4) is 0 Å². The van der Waals surface area contributed by atoms with E-state index in [0.717, 1.165) is 5.41 Å². The largest absolute Gasteiger partial charge is 0.367 e. The maximum atomic E-state index is 10.7. The Morgan fingerprint density at radius 1 is 1.30 bits per heavy atom. The van der Waals surface area contributed by atoms with Crippen LogP contribution in [0.5, 0.6) is 0 Å². The van der Waals surface area contributed by atoms with E-state index in [2.05, 4.69) is 9.71 Å². The lowest BCUT2D eigenvalue weighted by Crippen LogP contribution is -1.98. The summed E-state index contributed by atoms with van der Waals surface area (Å²) in [5, 5.41) is 3.60. The SMILES string of the molecule is O=S1(=O)C=CNC=CC=N1. The highest BCUT2D eigenvalue weighted by Crippen LogP contribution is 1.93. The maximum Gasteiger partial charge on any atom is 0.276 e. The van der Waals surface area contributed by atoms with E-state index < -0.39 is 10.0 Å². The molecular formula is C5H6N2O2S. The highest BCUT2D eigenvalue weighted by atomic mass is 32.2. The van der Waals surface area contributed by atoms with Gasteiger partial charge in [0.05, 0.1) is 5.41 Å². The highest BCUT2D eigenvalue weighted by Gasteiger charge is 1.98. The Morgan fingerprint density at radius 3 is 2.90 bits per heavy atom. The molecule has 1 aliphatic rings. The van der Waals surface area contributed by atoms with Crippen molar-refractivity contribution in [2.45, 2.75) is 0 Å². The molecule has 1 heterocycles. The van der Waals surface area contributed by atoms with Crippen LogP contribution in [0.25, 0.3) is 0 Å². The minimum absolute atomic E-state index is 0.993. The van der Waals surface area contributed by atoms with Gasteiger partial charge in [-0.05, 0) is 6.08 Å². The lowest BCUT2D eigenvalue weighted by atomic mass is 10.6. The van der Waals surface area contributed by atoms with Gasteiger partial charge >= 0.3 is 0 Å². The molecular weight excluding hydrogens is 152 g/mol. The Balaban J connectivity index is 3.01. The van der Waals surface area contributed by atoms with E-state index in [1.165, 1.54) is 18.5 Å². The van der Waals surface area contributed by atoms with E-state index in [4.69, 9.17) is 0 Å². The van der Waals surface area contributed by atoms with Crippen LogP contribution < -0.4 is 5.32 Å². The topological polar surface area (TPSA) is 58.5 Å². The molecule has 0 bridgehead atoms. The first-order chi connectivity index (χ1) is 4.71. The summed E-state index contributed by atoms with van der Waals surface area (Å²) in [5.41, 5.74) is 0. The zero-order chi connectivity index (χ0) is 7.45. The molecule has 0 aliphatic carbocycles. The van der Waals surface area contributed by atoms with Gasteiger partial charge in [-0.2, -0.15) is 12.8 Å². The van der Waals surface area contributed by atoms with E-state index in [0.29, 0.717) is 0 Å². The number of hydrogen-bond acceptors (Lipinski definition) is 3. The fourth-order valence-corrected chi connectivity index (χ4v) is 0.995. The minimum atomic E-state index is -3.37. The lowest BCUT2D eigenvalue weighted by molar-refractivity contribution is 0.606. The molecule has 0 fully saturated rings. The van der Waals surface area contributed by atoms with Crippen LogP contribution in [0.3, 0.4) is 0 Å². The third-order valence-electron chi connectivity index (χ3n) is 0.823. The molecule has 1 rings (SSSR count). The summed E-state index contributed by atoms with van der Waals surface area (Å²) in [6, 6.07) is 0. The van der Waals surface area contributed by atoms with Crippen molar-refractivity contribution in [2.75, 3.05) is 0 Å². The average Bonchev–Trinajstić information content (AvgIpc) is 1.81. The van der Waals surface area contributed by atoms with Crippen LogP contribution in [-0.2, 0) is 10.0 Å². The van der Waals surface area contributed by atoms with Gasteiger partial charge < -0.3 is 5.32 Å². The van der Waals surface area contributed by atoms with Gasteiger partial charge in [-0.25, -0.2) is 0 Å². The first kappa shape index (κ1) is 7.01. The van der Waals surface area contributed by atoms with Crippen molar-refractivity contribution in [3.63, 3.8) is 0 Å². The van der Waals surface area contributed by atoms with Gasteiger partial charge in [0, 0.05) is 18.6 Å². The summed E-state index contributed by atoms with van der Waals surface area (Å²) < 4.78 is 24.6. The van der Waals surface area contributed by atoms with Crippen molar-refractivity contribution in [2.24, 2.45) is 4.40 Å². The maximum absolute atomic E-state index is 10.7. The molecule has 54 valence electrons. The molecule has 4 nitrogen and oxygen atoms in total. The number of nitrogens with one attached hydrogen (secondary N) is 1. The number of rotatable bonds is 0. The Morgan fingerprint density at radius 2 is 2.10 bits per heavy atom. The van der Waals surface area contributed by atoms with Crippen molar-refractivity contribution < 1.29 is 8.42 Å². The first-order valence-corrected chi connectivity index (χ1v) is 4.09. The number of hydrogen-bond donors (Lipinski definition) is 1. The van der Waals surface area contributed by atoms with Gasteiger partial charge in [0.25, 0.3) is 10.0 Å². The molecule has 0 unspecified atom stereocenters. The molecule has 0 aromatic heterocycles. The monoisotopic (exact) mass is 158 g/mol. The van der Waals surface area contributed by atoms with Gasteiger partial charge in [0.2, 0.25) is 0 Å². The highest BCUT2D eigenvalue weighted by molar-refractivity contribution is 7.93. The van der Waals surface area contributed by atoms with Crippen LogP contribution in [0.15, 0.2) is 28.3 Å². The van der Waals surface area contributed by atoms with Gasteiger partial charge in [0.15, 0.2) is 0 Å². The van der Waals surface area contributed by atoms with Gasteiger partial charge in [-0.3, -0.25) is 0 Å². The molecule has 1 aliphatic heterocycles. The van der Waals surface area contributed by atoms with Crippen molar-refractivity contribution in [1.82, 2.24) is 5.32 Å². The van der Waals surface area contributed by atoms with Crippen LogP contribution in [0, 0.1) is 0 Å². The van der Waals surface area contributed by atoms with E-state index in [1.54, 1.807) is 6.20 Å². The summed E-state index contributed by atoms with van der Waals surface area (Å²) >= 11 is 0. The van der Waals surface area contributed by atoms with Crippen LogP contribution in [0.2, 0.25) is 0 Å². The second-order valence-corrected chi connectivity index (χ2v) is 3.11. The second kappa shape index (κ2) is 2.66. The molecule has 10 heavy (non-hydrogen) atoms. The first-order valence-electron chi connectivity index (χ1n) is 2.59. The zero-order valence-corrected chi connectivity index (χ0v) is 5.88.